The van der Waals surface area contributed by atoms with Crippen LogP contribution in [0.4, 0.5) is 8.78 Å². The summed E-state index contributed by atoms with van der Waals surface area (Å²) in [5, 5.41) is 0.582. The fourth-order valence-corrected chi connectivity index (χ4v) is 2.05. The molecule has 0 aliphatic heterocycles. The molecular formula is C14H8Cl2F2O. The summed E-state index contributed by atoms with van der Waals surface area (Å²) in [6.07, 6.45) is -0.274. The summed E-state index contributed by atoms with van der Waals surface area (Å²) in [6.45, 7) is 0. The molecule has 5 heteroatoms. The molecule has 0 aromatic heterocycles. The highest BCUT2D eigenvalue weighted by atomic mass is 35.5. The van der Waals surface area contributed by atoms with E-state index in [9.17, 15) is 13.6 Å². The van der Waals surface area contributed by atoms with Gasteiger partial charge in [0, 0.05) is 17.0 Å². The Morgan fingerprint density at radius 1 is 1.05 bits per heavy atom. The molecule has 98 valence electrons. The number of carbonyl (C=O) groups excluding carboxylic acids is 1. The molecule has 2 aromatic carbocycles. The van der Waals surface area contributed by atoms with Gasteiger partial charge >= 0.3 is 0 Å². The Hall–Kier alpha value is -1.45. The van der Waals surface area contributed by atoms with E-state index in [1.54, 1.807) is 6.07 Å². The molecule has 19 heavy (non-hydrogen) atoms. The van der Waals surface area contributed by atoms with Gasteiger partial charge in [-0.25, -0.2) is 8.78 Å². The van der Waals surface area contributed by atoms with Crippen molar-refractivity contribution in [3.05, 3.63) is 69.2 Å². The Morgan fingerprint density at radius 3 is 2.53 bits per heavy atom. The van der Waals surface area contributed by atoms with Gasteiger partial charge < -0.3 is 0 Å². The topological polar surface area (TPSA) is 17.1 Å². The lowest BCUT2D eigenvalue weighted by atomic mass is 10.0. The predicted octanol–water partition coefficient (Wildman–Crippen LogP) is 4.70. The molecule has 0 unspecified atom stereocenters. The molecule has 0 atom stereocenters. The number of ketones is 1. The van der Waals surface area contributed by atoms with Crippen LogP contribution in [0.15, 0.2) is 36.4 Å². The van der Waals surface area contributed by atoms with Crippen molar-refractivity contribution in [2.24, 2.45) is 0 Å². The van der Waals surface area contributed by atoms with Gasteiger partial charge in [0.05, 0.1) is 5.02 Å². The average molecular weight is 301 g/mol. The van der Waals surface area contributed by atoms with Crippen LogP contribution < -0.4 is 0 Å². The predicted molar refractivity (Wildman–Crippen MR) is 70.9 cm³/mol. The maximum absolute atomic E-state index is 13.4. The number of Topliss-reactive ketones (excluding diaryl/α,β-unsaturated/α-hetero) is 1. The van der Waals surface area contributed by atoms with Crippen LogP contribution in [-0.2, 0) is 6.42 Å². The van der Waals surface area contributed by atoms with Gasteiger partial charge in [0.1, 0.15) is 11.6 Å². The van der Waals surface area contributed by atoms with Gasteiger partial charge in [-0.3, -0.25) is 4.79 Å². The highest BCUT2D eigenvalue weighted by molar-refractivity contribution is 6.35. The molecule has 0 amide bonds. The fourth-order valence-electron chi connectivity index (χ4n) is 1.66. The van der Waals surface area contributed by atoms with Gasteiger partial charge in [-0.1, -0.05) is 23.2 Å². The fraction of sp³-hybridized carbons (Fsp3) is 0.0714. The molecule has 1 nitrogen and oxygen atoms in total. The SMILES string of the molecule is O=C(Cc1cc(F)ccc1F)c1cc(Cl)ccc1Cl. The average Bonchev–Trinajstić information content (AvgIpc) is 2.36. The van der Waals surface area contributed by atoms with Crippen molar-refractivity contribution >= 4 is 29.0 Å². The van der Waals surface area contributed by atoms with Crippen LogP contribution in [0.5, 0.6) is 0 Å². The third-order valence-electron chi connectivity index (χ3n) is 2.59. The van der Waals surface area contributed by atoms with E-state index >= 15 is 0 Å². The van der Waals surface area contributed by atoms with Crippen LogP contribution in [0.1, 0.15) is 15.9 Å². The standard InChI is InChI=1S/C14H8Cl2F2O/c15-9-1-3-12(16)11(7-9)14(19)6-8-5-10(17)2-4-13(8)18/h1-5,7H,6H2. The summed E-state index contributed by atoms with van der Waals surface area (Å²) >= 11 is 11.7. The van der Waals surface area contributed by atoms with Gasteiger partial charge in [0.25, 0.3) is 0 Å². The molecule has 2 rings (SSSR count). The number of hydrogen-bond acceptors (Lipinski definition) is 1. The lowest BCUT2D eigenvalue weighted by Gasteiger charge is -2.05. The van der Waals surface area contributed by atoms with Gasteiger partial charge in [-0.15, -0.1) is 0 Å². The van der Waals surface area contributed by atoms with Crippen molar-refractivity contribution in [1.29, 1.82) is 0 Å². The second-order valence-electron chi connectivity index (χ2n) is 3.96. The molecule has 0 saturated carbocycles. The number of benzene rings is 2. The third kappa shape index (κ3) is 3.31. The smallest absolute Gasteiger partial charge is 0.168 e. The lowest BCUT2D eigenvalue weighted by molar-refractivity contribution is 0.0992. The maximum atomic E-state index is 13.4. The van der Waals surface area contributed by atoms with E-state index < -0.39 is 17.4 Å². The number of halogens is 4. The van der Waals surface area contributed by atoms with Gasteiger partial charge in [0.15, 0.2) is 5.78 Å². The normalized spacial score (nSPS) is 10.5. The molecule has 0 aliphatic rings. The zero-order valence-electron chi connectivity index (χ0n) is 9.59. The molecular weight excluding hydrogens is 293 g/mol. The summed E-state index contributed by atoms with van der Waals surface area (Å²) in [7, 11) is 0. The highest BCUT2D eigenvalue weighted by Crippen LogP contribution is 2.23. The Labute approximate surface area is 118 Å². The Morgan fingerprint density at radius 2 is 1.79 bits per heavy atom. The van der Waals surface area contributed by atoms with E-state index in [-0.39, 0.29) is 22.6 Å². The van der Waals surface area contributed by atoms with E-state index in [4.69, 9.17) is 23.2 Å². The third-order valence-corrected chi connectivity index (χ3v) is 3.15. The highest BCUT2D eigenvalue weighted by Gasteiger charge is 2.14. The van der Waals surface area contributed by atoms with Crippen LogP contribution in [0, 0.1) is 11.6 Å². The molecule has 0 fully saturated rings. The minimum atomic E-state index is -0.632. The second kappa shape index (κ2) is 5.68. The maximum Gasteiger partial charge on any atom is 0.168 e. The van der Waals surface area contributed by atoms with Gasteiger partial charge in [-0.05, 0) is 42.0 Å². The van der Waals surface area contributed by atoms with Gasteiger partial charge in [0.2, 0.25) is 0 Å². The van der Waals surface area contributed by atoms with E-state index in [0.29, 0.717) is 5.02 Å². The minimum Gasteiger partial charge on any atom is -0.294 e. The van der Waals surface area contributed by atoms with Crippen molar-refractivity contribution < 1.29 is 13.6 Å². The Bertz CT molecular complexity index is 641. The quantitative estimate of drug-likeness (QED) is 0.751. The van der Waals surface area contributed by atoms with Crippen LogP contribution in [-0.4, -0.2) is 5.78 Å². The van der Waals surface area contributed by atoms with Crippen LogP contribution in [0.2, 0.25) is 10.0 Å². The molecule has 0 heterocycles. The van der Waals surface area contributed by atoms with Gasteiger partial charge in [-0.2, -0.15) is 0 Å². The lowest BCUT2D eigenvalue weighted by Crippen LogP contribution is -2.06. The summed E-state index contributed by atoms with van der Waals surface area (Å²) < 4.78 is 26.5. The second-order valence-corrected chi connectivity index (χ2v) is 4.80. The molecule has 0 spiro atoms. The van der Waals surface area contributed by atoms with E-state index in [0.717, 1.165) is 18.2 Å². The first-order chi connectivity index (χ1) is 8.97. The number of carbonyl (C=O) groups is 1. The van der Waals surface area contributed by atoms with E-state index in [2.05, 4.69) is 0 Å². The van der Waals surface area contributed by atoms with Crippen LogP contribution >= 0.6 is 23.2 Å². The number of rotatable bonds is 3. The van der Waals surface area contributed by atoms with Crippen molar-refractivity contribution in [2.75, 3.05) is 0 Å². The van der Waals surface area contributed by atoms with Crippen LogP contribution in [0.3, 0.4) is 0 Å². The number of hydrogen-bond donors (Lipinski definition) is 0. The first kappa shape index (κ1) is 14.0. The van der Waals surface area contributed by atoms with Crippen molar-refractivity contribution in [3.8, 4) is 0 Å². The zero-order valence-corrected chi connectivity index (χ0v) is 11.1. The zero-order chi connectivity index (χ0) is 14.0. The monoisotopic (exact) mass is 300 g/mol. The summed E-state index contributed by atoms with van der Waals surface area (Å²) in [5.74, 6) is -1.65. The Balaban J connectivity index is 2.30. The molecule has 0 bridgehead atoms. The molecule has 0 N–H and O–H groups in total. The first-order valence-corrected chi connectivity index (χ1v) is 6.15. The molecule has 0 saturated heterocycles. The largest absolute Gasteiger partial charge is 0.294 e. The van der Waals surface area contributed by atoms with E-state index in [1.807, 2.05) is 0 Å². The van der Waals surface area contributed by atoms with Crippen molar-refractivity contribution in [3.63, 3.8) is 0 Å². The van der Waals surface area contributed by atoms with Crippen molar-refractivity contribution in [2.45, 2.75) is 6.42 Å². The summed E-state index contributed by atoms with van der Waals surface area (Å²) in [6, 6.07) is 7.41. The first-order valence-electron chi connectivity index (χ1n) is 5.39. The van der Waals surface area contributed by atoms with E-state index in [1.165, 1.54) is 12.1 Å². The minimum absolute atomic E-state index is 0.0129. The van der Waals surface area contributed by atoms with Crippen molar-refractivity contribution in [1.82, 2.24) is 0 Å². The summed E-state index contributed by atoms with van der Waals surface area (Å²) in [4.78, 5) is 12.0. The molecule has 0 aliphatic carbocycles. The summed E-state index contributed by atoms with van der Waals surface area (Å²) in [5.41, 5.74) is 0.180. The molecule has 2 aromatic rings. The Kier molecular flexibility index (Phi) is 4.17. The molecule has 0 radical (unpaired) electrons. The van der Waals surface area contributed by atoms with Crippen LogP contribution in [0.25, 0.3) is 0 Å².